The summed E-state index contributed by atoms with van der Waals surface area (Å²) in [5.41, 5.74) is 0.134. The molecule has 1 amide bonds. The third-order valence-corrected chi connectivity index (χ3v) is 3.69. The first-order valence-corrected chi connectivity index (χ1v) is 7.99. The third-order valence-electron chi connectivity index (χ3n) is 3.40. The first-order chi connectivity index (χ1) is 12.9. The predicted molar refractivity (Wildman–Crippen MR) is 94.7 cm³/mol. The van der Waals surface area contributed by atoms with Gasteiger partial charge in [0.1, 0.15) is 17.1 Å². The maximum absolute atomic E-state index is 12.2. The number of alkyl halides is 2. The van der Waals surface area contributed by atoms with E-state index < -0.39 is 18.1 Å². The van der Waals surface area contributed by atoms with Gasteiger partial charge in [-0.15, -0.1) is 0 Å². The fraction of sp³-hybridized carbons (Fsp3) is 0.111. The Kier molecular flexibility index (Phi) is 5.56. The Balaban J connectivity index is 1.61. The van der Waals surface area contributed by atoms with Gasteiger partial charge in [-0.3, -0.25) is 4.79 Å². The van der Waals surface area contributed by atoms with Gasteiger partial charge in [-0.25, -0.2) is 4.79 Å². The monoisotopic (exact) mass is 395 g/mol. The summed E-state index contributed by atoms with van der Waals surface area (Å²) in [6, 6.07) is 11.6. The summed E-state index contributed by atoms with van der Waals surface area (Å²) in [7, 11) is 0. The van der Waals surface area contributed by atoms with E-state index in [1.165, 1.54) is 30.3 Å². The highest BCUT2D eigenvalue weighted by molar-refractivity contribution is 6.32. The molecule has 0 atom stereocenters. The molecule has 0 aliphatic carbocycles. The van der Waals surface area contributed by atoms with Gasteiger partial charge < -0.3 is 19.2 Å². The molecule has 0 saturated carbocycles. The average molecular weight is 396 g/mol. The van der Waals surface area contributed by atoms with Crippen LogP contribution in [0.15, 0.2) is 57.7 Å². The molecule has 3 aromatic rings. The predicted octanol–water partition coefficient (Wildman–Crippen LogP) is 4.07. The number of hydrogen-bond donors (Lipinski definition) is 1. The van der Waals surface area contributed by atoms with Crippen molar-refractivity contribution in [2.24, 2.45) is 0 Å². The summed E-state index contributed by atoms with van der Waals surface area (Å²) in [6.45, 7) is -3.32. The third kappa shape index (κ3) is 4.95. The van der Waals surface area contributed by atoms with Crippen molar-refractivity contribution in [2.45, 2.75) is 6.61 Å². The Hall–Kier alpha value is -3.13. The second kappa shape index (κ2) is 8.05. The van der Waals surface area contributed by atoms with Gasteiger partial charge in [0.05, 0.1) is 5.02 Å². The molecule has 9 heteroatoms. The second-order valence-corrected chi connectivity index (χ2v) is 5.72. The number of carbonyl (C=O) groups excluding carboxylic acids is 1. The lowest BCUT2D eigenvalue weighted by atomic mass is 10.2. The Morgan fingerprint density at radius 1 is 1.15 bits per heavy atom. The molecule has 1 heterocycles. The molecule has 140 valence electrons. The number of rotatable bonds is 6. The summed E-state index contributed by atoms with van der Waals surface area (Å²) in [6.07, 6.45) is 0. The molecule has 0 bridgehead atoms. The number of hydrogen-bond acceptors (Lipinski definition) is 5. The van der Waals surface area contributed by atoms with E-state index in [-0.39, 0.29) is 17.4 Å². The van der Waals surface area contributed by atoms with E-state index in [1.54, 1.807) is 18.2 Å². The maximum Gasteiger partial charge on any atom is 0.387 e. The van der Waals surface area contributed by atoms with E-state index in [0.29, 0.717) is 22.4 Å². The number of ether oxygens (including phenoxy) is 2. The topological polar surface area (TPSA) is 77.8 Å². The van der Waals surface area contributed by atoms with Gasteiger partial charge in [-0.05, 0) is 36.4 Å². The summed E-state index contributed by atoms with van der Waals surface area (Å²) in [5, 5.41) is 3.16. The van der Waals surface area contributed by atoms with E-state index in [2.05, 4.69) is 10.1 Å². The quantitative estimate of drug-likeness (QED) is 0.637. The number of anilines is 1. The van der Waals surface area contributed by atoms with Crippen molar-refractivity contribution < 1.29 is 27.5 Å². The van der Waals surface area contributed by atoms with Gasteiger partial charge in [-0.1, -0.05) is 11.6 Å². The van der Waals surface area contributed by atoms with Crippen LogP contribution in [0, 0.1) is 0 Å². The van der Waals surface area contributed by atoms with Crippen LogP contribution in [0.2, 0.25) is 5.02 Å². The number of nitrogens with one attached hydrogen (secondary N) is 1. The molecule has 27 heavy (non-hydrogen) atoms. The first-order valence-electron chi connectivity index (χ1n) is 7.61. The number of carbonyl (C=O) groups is 1. The lowest BCUT2D eigenvalue weighted by molar-refractivity contribution is -0.118. The van der Waals surface area contributed by atoms with E-state index in [1.807, 2.05) is 0 Å². The second-order valence-electron chi connectivity index (χ2n) is 5.31. The van der Waals surface area contributed by atoms with Crippen LogP contribution >= 0.6 is 11.6 Å². The number of fused-ring (bicyclic) bond motifs is 1. The Bertz CT molecular complexity index is 1040. The maximum atomic E-state index is 12.2. The van der Waals surface area contributed by atoms with Crippen LogP contribution < -0.4 is 20.4 Å². The van der Waals surface area contributed by atoms with Crippen molar-refractivity contribution in [1.82, 2.24) is 0 Å². The number of amides is 1. The smallest absolute Gasteiger partial charge is 0.387 e. The van der Waals surface area contributed by atoms with Crippen LogP contribution in [-0.4, -0.2) is 19.1 Å². The zero-order valence-corrected chi connectivity index (χ0v) is 14.3. The van der Waals surface area contributed by atoms with Gasteiger partial charge in [0.15, 0.2) is 6.61 Å². The van der Waals surface area contributed by atoms with Crippen LogP contribution in [0.25, 0.3) is 11.0 Å². The Morgan fingerprint density at radius 3 is 2.67 bits per heavy atom. The average Bonchev–Trinajstić information content (AvgIpc) is 2.61. The van der Waals surface area contributed by atoms with Crippen molar-refractivity contribution in [3.05, 3.63) is 64.0 Å². The summed E-state index contributed by atoms with van der Waals surface area (Å²) < 4.78 is 39.0. The molecule has 0 radical (unpaired) electrons. The highest BCUT2D eigenvalue weighted by Crippen LogP contribution is 2.29. The molecule has 1 aromatic heterocycles. The van der Waals surface area contributed by atoms with Crippen LogP contribution in [-0.2, 0) is 4.79 Å². The summed E-state index contributed by atoms with van der Waals surface area (Å²) in [4.78, 5) is 23.2. The SMILES string of the molecule is O=C(COc1ccc2ccc(=O)oc2c1)Nc1ccc(OC(F)F)c(Cl)c1. The Labute approximate surface area is 156 Å². The number of halogens is 3. The molecule has 0 aliphatic rings. The zero-order valence-electron chi connectivity index (χ0n) is 13.6. The van der Waals surface area contributed by atoms with E-state index in [4.69, 9.17) is 20.8 Å². The number of benzene rings is 2. The van der Waals surface area contributed by atoms with Crippen molar-refractivity contribution in [3.8, 4) is 11.5 Å². The minimum atomic E-state index is -3.00. The van der Waals surface area contributed by atoms with Crippen LogP contribution in [0.4, 0.5) is 14.5 Å². The molecule has 0 fully saturated rings. The van der Waals surface area contributed by atoms with Gasteiger partial charge >= 0.3 is 12.2 Å². The Morgan fingerprint density at radius 2 is 1.93 bits per heavy atom. The molecule has 0 saturated heterocycles. The fourth-order valence-electron chi connectivity index (χ4n) is 2.25. The molecular weight excluding hydrogens is 384 g/mol. The molecule has 2 aromatic carbocycles. The standard InChI is InChI=1S/C18H12ClF2NO5/c19-13-7-11(3-5-14(13)27-18(20)21)22-16(23)9-25-12-4-1-10-2-6-17(24)26-15(10)8-12/h1-8,18H,9H2,(H,22,23). The van der Waals surface area contributed by atoms with Crippen molar-refractivity contribution in [3.63, 3.8) is 0 Å². The van der Waals surface area contributed by atoms with Crippen molar-refractivity contribution >= 4 is 34.2 Å². The van der Waals surface area contributed by atoms with Gasteiger partial charge in [0.25, 0.3) is 5.91 Å². The molecule has 0 aliphatic heterocycles. The van der Waals surface area contributed by atoms with Crippen LogP contribution in [0.1, 0.15) is 0 Å². The van der Waals surface area contributed by atoms with Gasteiger partial charge in [0, 0.05) is 23.2 Å². The summed E-state index contributed by atoms with van der Waals surface area (Å²) in [5.74, 6) is -0.354. The zero-order chi connectivity index (χ0) is 19.4. The van der Waals surface area contributed by atoms with Crippen LogP contribution in [0.5, 0.6) is 11.5 Å². The lowest BCUT2D eigenvalue weighted by Gasteiger charge is -2.10. The summed E-state index contributed by atoms with van der Waals surface area (Å²) >= 11 is 5.82. The van der Waals surface area contributed by atoms with Crippen LogP contribution in [0.3, 0.4) is 0 Å². The highest BCUT2D eigenvalue weighted by Gasteiger charge is 2.11. The van der Waals surface area contributed by atoms with Gasteiger partial charge in [-0.2, -0.15) is 8.78 Å². The van der Waals surface area contributed by atoms with E-state index >= 15 is 0 Å². The van der Waals surface area contributed by atoms with Crippen molar-refractivity contribution in [1.29, 1.82) is 0 Å². The molecule has 3 rings (SSSR count). The largest absolute Gasteiger partial charge is 0.484 e. The van der Waals surface area contributed by atoms with Crippen molar-refractivity contribution in [2.75, 3.05) is 11.9 Å². The first kappa shape index (κ1) is 18.7. The highest BCUT2D eigenvalue weighted by atomic mass is 35.5. The van der Waals surface area contributed by atoms with Gasteiger partial charge in [0.2, 0.25) is 0 Å². The minimum Gasteiger partial charge on any atom is -0.484 e. The molecule has 0 unspecified atom stereocenters. The molecule has 6 nitrogen and oxygen atoms in total. The molecular formula is C18H12ClF2NO5. The van der Waals surface area contributed by atoms with E-state index in [9.17, 15) is 18.4 Å². The molecule has 0 spiro atoms. The fourth-order valence-corrected chi connectivity index (χ4v) is 2.47. The lowest BCUT2D eigenvalue weighted by Crippen LogP contribution is -2.20. The minimum absolute atomic E-state index is 0.0708. The van der Waals surface area contributed by atoms with E-state index in [0.717, 1.165) is 0 Å². The normalized spacial score (nSPS) is 10.8. The molecule has 1 N–H and O–H groups in total.